The average molecular weight is 635 g/mol. The Morgan fingerprint density at radius 2 is 1.59 bits per heavy atom. The molecule has 3 aromatic rings. The van der Waals surface area contributed by atoms with Gasteiger partial charge in [0.25, 0.3) is 0 Å². The number of sulfonamides is 1. The van der Waals surface area contributed by atoms with Gasteiger partial charge in [-0.05, 0) is 53.4 Å². The van der Waals surface area contributed by atoms with E-state index in [1.54, 1.807) is 42.5 Å². The molecule has 0 heterocycles. The fourth-order valence-electron chi connectivity index (χ4n) is 4.03. The zero-order chi connectivity index (χ0) is 28.6. The Bertz CT molecular complexity index is 1370. The molecule has 0 unspecified atom stereocenters. The van der Waals surface area contributed by atoms with Crippen LogP contribution in [0.25, 0.3) is 0 Å². The van der Waals surface area contributed by atoms with Gasteiger partial charge < -0.3 is 10.2 Å². The van der Waals surface area contributed by atoms with Crippen LogP contribution < -0.4 is 9.62 Å². The van der Waals surface area contributed by atoms with Crippen molar-refractivity contribution in [2.24, 2.45) is 5.92 Å². The largest absolute Gasteiger partial charge is 0.354 e. The summed E-state index contributed by atoms with van der Waals surface area (Å²) in [4.78, 5) is 29.0. The van der Waals surface area contributed by atoms with Crippen LogP contribution in [-0.2, 0) is 32.6 Å². The Balaban J connectivity index is 2.04. The predicted molar refractivity (Wildman–Crippen MR) is 160 cm³/mol. The van der Waals surface area contributed by atoms with Gasteiger partial charge >= 0.3 is 0 Å². The molecule has 3 rings (SSSR count). The smallest absolute Gasteiger partial charge is 0.244 e. The first-order valence-electron chi connectivity index (χ1n) is 12.5. The van der Waals surface area contributed by atoms with Crippen molar-refractivity contribution >= 4 is 55.1 Å². The van der Waals surface area contributed by atoms with Gasteiger partial charge in [-0.15, -0.1) is 0 Å². The van der Waals surface area contributed by atoms with E-state index in [4.69, 9.17) is 11.6 Å². The fraction of sp³-hybridized carbons (Fsp3) is 0.310. The van der Waals surface area contributed by atoms with E-state index in [0.29, 0.717) is 17.3 Å². The predicted octanol–water partition coefficient (Wildman–Crippen LogP) is 5.28. The van der Waals surface area contributed by atoms with E-state index in [-0.39, 0.29) is 24.8 Å². The Morgan fingerprint density at radius 3 is 2.18 bits per heavy atom. The molecule has 0 aliphatic heterocycles. The van der Waals surface area contributed by atoms with Crippen LogP contribution in [0.3, 0.4) is 0 Å². The number of nitrogens with zero attached hydrogens (tertiary/aromatic N) is 2. The van der Waals surface area contributed by atoms with E-state index >= 15 is 0 Å². The number of hydrogen-bond acceptors (Lipinski definition) is 4. The Morgan fingerprint density at radius 1 is 0.949 bits per heavy atom. The summed E-state index contributed by atoms with van der Waals surface area (Å²) in [6, 6.07) is 22.3. The summed E-state index contributed by atoms with van der Waals surface area (Å²) < 4.78 is 27.4. The lowest BCUT2D eigenvalue weighted by atomic mass is 10.0. The first-order valence-corrected chi connectivity index (χ1v) is 15.5. The van der Waals surface area contributed by atoms with Gasteiger partial charge in [-0.1, -0.05) is 83.8 Å². The topological polar surface area (TPSA) is 86.8 Å². The van der Waals surface area contributed by atoms with E-state index < -0.39 is 28.5 Å². The summed E-state index contributed by atoms with van der Waals surface area (Å²) in [6.07, 6.45) is 1.31. The zero-order valence-electron chi connectivity index (χ0n) is 22.2. The molecular weight excluding hydrogens is 602 g/mol. The highest BCUT2D eigenvalue weighted by molar-refractivity contribution is 9.10. The van der Waals surface area contributed by atoms with Crippen LogP contribution in [0.5, 0.6) is 0 Å². The van der Waals surface area contributed by atoms with Crippen molar-refractivity contribution in [1.82, 2.24) is 10.2 Å². The van der Waals surface area contributed by atoms with E-state index in [1.807, 2.05) is 50.2 Å². The summed E-state index contributed by atoms with van der Waals surface area (Å²) in [6.45, 7) is 4.03. The highest BCUT2D eigenvalue weighted by Crippen LogP contribution is 2.23. The third-order valence-corrected chi connectivity index (χ3v) is 7.90. The van der Waals surface area contributed by atoms with Crippen LogP contribution in [0.1, 0.15) is 25.0 Å². The minimum atomic E-state index is -3.82. The number of carbonyl (C=O) groups excluding carboxylic acids is 2. The molecule has 0 spiro atoms. The van der Waals surface area contributed by atoms with Gasteiger partial charge in [-0.25, -0.2) is 8.42 Å². The molecule has 208 valence electrons. The number of anilines is 1. The average Bonchev–Trinajstić information content (AvgIpc) is 2.88. The van der Waals surface area contributed by atoms with Gasteiger partial charge in [0, 0.05) is 29.0 Å². The molecule has 3 aromatic carbocycles. The van der Waals surface area contributed by atoms with Gasteiger partial charge in [-0.2, -0.15) is 0 Å². The molecular formula is C29H33BrClN3O4S. The summed E-state index contributed by atoms with van der Waals surface area (Å²) in [5, 5.41) is 3.46. The van der Waals surface area contributed by atoms with E-state index in [1.165, 1.54) is 4.90 Å². The van der Waals surface area contributed by atoms with E-state index in [2.05, 4.69) is 21.2 Å². The van der Waals surface area contributed by atoms with E-state index in [0.717, 1.165) is 26.2 Å². The molecule has 0 saturated carbocycles. The molecule has 0 radical (unpaired) electrons. The standard InChI is InChI=1S/C29H33BrClN3O4S/c1-21(2)18-32-29(36)27(17-22-8-5-4-6-9-22)33(19-23-10-7-11-25(31)16-23)28(35)20-34(39(3,37)38)26-14-12-24(30)13-15-26/h4-16,21,27H,17-20H2,1-3H3,(H,32,36)/t27-/m1/s1. The van der Waals surface area contributed by atoms with Crippen LogP contribution in [0.2, 0.25) is 5.02 Å². The lowest BCUT2D eigenvalue weighted by Gasteiger charge is -2.33. The van der Waals surface area contributed by atoms with E-state index in [9.17, 15) is 18.0 Å². The van der Waals surface area contributed by atoms with Crippen LogP contribution in [-0.4, -0.2) is 50.5 Å². The molecule has 10 heteroatoms. The molecule has 0 bridgehead atoms. The summed E-state index contributed by atoms with van der Waals surface area (Å²) >= 11 is 9.58. The third kappa shape index (κ3) is 9.37. The minimum Gasteiger partial charge on any atom is -0.354 e. The molecule has 1 N–H and O–H groups in total. The molecule has 0 aliphatic rings. The molecule has 1 atom stereocenters. The Hall–Kier alpha value is -2.88. The number of amides is 2. The van der Waals surface area contributed by atoms with Crippen molar-refractivity contribution < 1.29 is 18.0 Å². The van der Waals surface area contributed by atoms with Crippen molar-refractivity contribution in [2.75, 3.05) is 23.7 Å². The lowest BCUT2D eigenvalue weighted by Crippen LogP contribution is -2.53. The first-order chi connectivity index (χ1) is 18.4. The van der Waals surface area contributed by atoms with Crippen LogP contribution >= 0.6 is 27.5 Å². The monoisotopic (exact) mass is 633 g/mol. The number of hydrogen-bond donors (Lipinski definition) is 1. The highest BCUT2D eigenvalue weighted by Gasteiger charge is 2.33. The Kier molecular flexibility index (Phi) is 11.0. The maximum absolute atomic E-state index is 14.0. The van der Waals surface area contributed by atoms with Crippen molar-refractivity contribution in [1.29, 1.82) is 0 Å². The quantitative estimate of drug-likeness (QED) is 0.294. The normalized spacial score (nSPS) is 12.2. The number of benzene rings is 3. The van der Waals surface area contributed by atoms with Crippen LogP contribution in [0, 0.1) is 5.92 Å². The summed E-state index contributed by atoms with van der Waals surface area (Å²) in [5.41, 5.74) is 1.94. The van der Waals surface area contributed by atoms with Gasteiger partial charge in [0.05, 0.1) is 11.9 Å². The van der Waals surface area contributed by atoms with Crippen molar-refractivity contribution in [3.05, 3.63) is 99.5 Å². The van der Waals surface area contributed by atoms with Gasteiger partial charge in [0.15, 0.2) is 0 Å². The first kappa shape index (κ1) is 30.7. The number of rotatable bonds is 12. The molecule has 7 nitrogen and oxygen atoms in total. The van der Waals surface area contributed by atoms with Crippen molar-refractivity contribution in [3.63, 3.8) is 0 Å². The van der Waals surface area contributed by atoms with Crippen molar-refractivity contribution in [3.8, 4) is 0 Å². The molecule has 0 fully saturated rings. The molecule has 2 amide bonds. The summed E-state index contributed by atoms with van der Waals surface area (Å²) in [5.74, 6) is -0.608. The number of carbonyl (C=O) groups is 2. The number of nitrogens with one attached hydrogen (secondary N) is 1. The molecule has 39 heavy (non-hydrogen) atoms. The second-order valence-electron chi connectivity index (χ2n) is 9.74. The maximum atomic E-state index is 14.0. The van der Waals surface area contributed by atoms with Crippen LogP contribution in [0.15, 0.2) is 83.3 Å². The zero-order valence-corrected chi connectivity index (χ0v) is 25.3. The van der Waals surface area contributed by atoms with Gasteiger partial charge in [0.1, 0.15) is 12.6 Å². The second-order valence-corrected chi connectivity index (χ2v) is 13.0. The third-order valence-electron chi connectivity index (χ3n) is 5.99. The molecule has 0 saturated heterocycles. The summed E-state index contributed by atoms with van der Waals surface area (Å²) in [7, 11) is -3.82. The molecule has 0 aliphatic carbocycles. The number of halogens is 2. The fourth-order valence-corrected chi connectivity index (χ4v) is 5.36. The Labute approximate surface area is 244 Å². The van der Waals surface area contributed by atoms with Gasteiger partial charge in [-0.3, -0.25) is 13.9 Å². The second kappa shape index (κ2) is 14.0. The van der Waals surface area contributed by atoms with Crippen LogP contribution in [0.4, 0.5) is 5.69 Å². The minimum absolute atomic E-state index is 0.0733. The highest BCUT2D eigenvalue weighted by atomic mass is 79.9. The SMILES string of the molecule is CC(C)CNC(=O)[C@@H](Cc1ccccc1)N(Cc1cccc(Cl)c1)C(=O)CN(c1ccc(Br)cc1)S(C)(=O)=O. The maximum Gasteiger partial charge on any atom is 0.244 e. The van der Waals surface area contributed by atoms with Crippen molar-refractivity contribution in [2.45, 2.75) is 32.9 Å². The molecule has 0 aromatic heterocycles. The lowest BCUT2D eigenvalue weighted by molar-refractivity contribution is -0.140. The van der Waals surface area contributed by atoms with Gasteiger partial charge in [0.2, 0.25) is 21.8 Å².